The Morgan fingerprint density at radius 2 is 1.95 bits per heavy atom. The molecule has 0 unspecified atom stereocenters. The molecule has 0 saturated heterocycles. The predicted octanol–water partition coefficient (Wildman–Crippen LogP) is 2.09. The van der Waals surface area contributed by atoms with Gasteiger partial charge in [0.1, 0.15) is 0 Å². The number of halogens is 1. The zero-order valence-corrected chi connectivity index (χ0v) is 12.1. The van der Waals surface area contributed by atoms with Gasteiger partial charge in [0.25, 0.3) is 10.0 Å². The number of sulfonamides is 1. The molecule has 0 atom stereocenters. The summed E-state index contributed by atoms with van der Waals surface area (Å²) in [5, 5.41) is 0.442. The minimum atomic E-state index is -3.72. The highest BCUT2D eigenvalue weighted by Gasteiger charge is 2.14. The predicted molar refractivity (Wildman–Crippen MR) is 72.2 cm³/mol. The van der Waals surface area contributed by atoms with Gasteiger partial charge in [-0.3, -0.25) is 4.72 Å². The first-order chi connectivity index (χ1) is 8.85. The minimum absolute atomic E-state index is 0.0634. The van der Waals surface area contributed by atoms with Gasteiger partial charge in [-0.15, -0.1) is 0 Å². The summed E-state index contributed by atoms with van der Waals surface area (Å²) in [5.74, 6) is -0.598. The standard InChI is InChI=1S/C12H14ClNO4S/c1-3-18-12(15)8-9(2)14-19(16,17)11-6-4-10(13)5-7-11/h4-8,14H,3H2,1-2H3/b9-8+. The molecule has 0 aliphatic heterocycles. The summed E-state index contributed by atoms with van der Waals surface area (Å²) in [4.78, 5) is 11.2. The number of hydrogen-bond acceptors (Lipinski definition) is 4. The first-order valence-corrected chi connectivity index (χ1v) is 7.34. The van der Waals surface area contributed by atoms with Crippen LogP contribution in [0.1, 0.15) is 13.8 Å². The van der Waals surface area contributed by atoms with Crippen LogP contribution in [0.2, 0.25) is 5.02 Å². The lowest BCUT2D eigenvalue weighted by molar-refractivity contribution is -0.137. The molecule has 0 heterocycles. The average Bonchev–Trinajstić information content (AvgIpc) is 2.28. The summed E-state index contributed by atoms with van der Waals surface area (Å²) < 4.78 is 30.8. The third-order valence-electron chi connectivity index (χ3n) is 2.04. The summed E-state index contributed by atoms with van der Waals surface area (Å²) in [7, 11) is -3.72. The van der Waals surface area contributed by atoms with Crippen molar-refractivity contribution in [2.24, 2.45) is 0 Å². The lowest BCUT2D eigenvalue weighted by atomic mass is 10.4. The number of ether oxygens (including phenoxy) is 1. The van der Waals surface area contributed by atoms with Gasteiger partial charge in [0.15, 0.2) is 0 Å². The number of allylic oxidation sites excluding steroid dienone is 1. The van der Waals surface area contributed by atoms with Crippen molar-refractivity contribution >= 4 is 27.6 Å². The summed E-state index contributed by atoms with van der Waals surface area (Å²) in [6.07, 6.45) is 1.08. The van der Waals surface area contributed by atoms with Crippen molar-refractivity contribution in [3.63, 3.8) is 0 Å². The van der Waals surface area contributed by atoms with Crippen molar-refractivity contribution in [1.82, 2.24) is 4.72 Å². The molecule has 1 aromatic carbocycles. The van der Waals surface area contributed by atoms with Gasteiger partial charge in [0.2, 0.25) is 0 Å². The fourth-order valence-electron chi connectivity index (χ4n) is 1.27. The maximum Gasteiger partial charge on any atom is 0.332 e. The van der Waals surface area contributed by atoms with Crippen LogP contribution in [0.15, 0.2) is 40.9 Å². The van der Waals surface area contributed by atoms with E-state index in [1.165, 1.54) is 31.2 Å². The molecule has 1 aromatic rings. The van der Waals surface area contributed by atoms with Gasteiger partial charge in [0.05, 0.1) is 11.5 Å². The smallest absolute Gasteiger partial charge is 0.332 e. The Morgan fingerprint density at radius 3 is 2.47 bits per heavy atom. The number of carbonyl (C=O) groups is 1. The van der Waals surface area contributed by atoms with Crippen LogP contribution in [0.5, 0.6) is 0 Å². The Bertz CT molecular complexity index is 578. The number of rotatable bonds is 5. The van der Waals surface area contributed by atoms with E-state index in [2.05, 4.69) is 9.46 Å². The van der Waals surface area contributed by atoms with Gasteiger partial charge in [-0.25, -0.2) is 13.2 Å². The van der Waals surface area contributed by atoms with Gasteiger partial charge in [0, 0.05) is 16.8 Å². The molecule has 5 nitrogen and oxygen atoms in total. The highest BCUT2D eigenvalue weighted by molar-refractivity contribution is 7.89. The molecule has 7 heteroatoms. The largest absolute Gasteiger partial charge is 0.463 e. The van der Waals surface area contributed by atoms with E-state index in [0.29, 0.717) is 5.02 Å². The zero-order valence-electron chi connectivity index (χ0n) is 10.5. The maximum absolute atomic E-state index is 11.9. The van der Waals surface area contributed by atoms with Crippen molar-refractivity contribution in [1.29, 1.82) is 0 Å². The van der Waals surface area contributed by atoms with Crippen LogP contribution in [0.3, 0.4) is 0 Å². The van der Waals surface area contributed by atoms with E-state index in [9.17, 15) is 13.2 Å². The molecular formula is C12H14ClNO4S. The third kappa shape index (κ3) is 4.92. The van der Waals surface area contributed by atoms with Crippen molar-refractivity contribution in [3.05, 3.63) is 41.1 Å². The first-order valence-electron chi connectivity index (χ1n) is 5.48. The number of carbonyl (C=O) groups excluding carboxylic acids is 1. The fraction of sp³-hybridized carbons (Fsp3) is 0.250. The summed E-state index contributed by atoms with van der Waals surface area (Å²) in [6, 6.07) is 5.70. The normalized spacial score (nSPS) is 12.1. The molecule has 104 valence electrons. The van der Waals surface area contributed by atoms with Crippen LogP contribution in [0, 0.1) is 0 Å². The number of benzene rings is 1. The van der Waals surface area contributed by atoms with E-state index < -0.39 is 16.0 Å². The molecule has 1 N–H and O–H groups in total. The average molecular weight is 304 g/mol. The summed E-state index contributed by atoms with van der Waals surface area (Å²) in [5.41, 5.74) is 0.174. The number of esters is 1. The minimum Gasteiger partial charge on any atom is -0.463 e. The quantitative estimate of drug-likeness (QED) is 0.668. The number of nitrogens with one attached hydrogen (secondary N) is 1. The summed E-state index contributed by atoms with van der Waals surface area (Å²) in [6.45, 7) is 3.36. The van der Waals surface area contributed by atoms with Crippen molar-refractivity contribution in [3.8, 4) is 0 Å². The lowest BCUT2D eigenvalue weighted by Crippen LogP contribution is -2.22. The van der Waals surface area contributed by atoms with Gasteiger partial charge in [-0.05, 0) is 38.1 Å². The Kier molecular flexibility index (Phi) is 5.38. The Hall–Kier alpha value is -1.53. The van der Waals surface area contributed by atoms with E-state index in [0.717, 1.165) is 6.08 Å². The van der Waals surface area contributed by atoms with Crippen molar-refractivity contribution in [2.45, 2.75) is 18.7 Å². The first kappa shape index (κ1) is 15.5. The third-order valence-corrected chi connectivity index (χ3v) is 3.78. The van der Waals surface area contributed by atoms with Crippen LogP contribution in [-0.4, -0.2) is 21.0 Å². The van der Waals surface area contributed by atoms with Crippen molar-refractivity contribution < 1.29 is 17.9 Å². The maximum atomic E-state index is 11.9. The SMILES string of the molecule is CCOC(=O)/C=C(\C)NS(=O)(=O)c1ccc(Cl)cc1. The van der Waals surface area contributed by atoms with E-state index in [1.54, 1.807) is 6.92 Å². The molecule has 0 amide bonds. The van der Waals surface area contributed by atoms with Gasteiger partial charge >= 0.3 is 5.97 Å². The molecule has 0 fully saturated rings. The summed E-state index contributed by atoms with van der Waals surface area (Å²) >= 11 is 5.68. The van der Waals surface area contributed by atoms with E-state index in [-0.39, 0.29) is 17.2 Å². The molecule has 0 aromatic heterocycles. The molecule has 0 aliphatic carbocycles. The topological polar surface area (TPSA) is 72.5 Å². The highest BCUT2D eigenvalue weighted by Crippen LogP contribution is 2.14. The van der Waals surface area contributed by atoms with Crippen LogP contribution < -0.4 is 4.72 Å². The highest BCUT2D eigenvalue weighted by atomic mass is 35.5. The van der Waals surface area contributed by atoms with Gasteiger partial charge in [-0.2, -0.15) is 0 Å². The van der Waals surface area contributed by atoms with E-state index >= 15 is 0 Å². The lowest BCUT2D eigenvalue weighted by Gasteiger charge is -2.08. The second-order valence-electron chi connectivity index (χ2n) is 3.64. The molecule has 0 saturated carbocycles. The Morgan fingerprint density at radius 1 is 1.37 bits per heavy atom. The molecule has 19 heavy (non-hydrogen) atoms. The molecule has 1 rings (SSSR count). The molecule has 0 aliphatic rings. The second-order valence-corrected chi connectivity index (χ2v) is 5.76. The zero-order chi connectivity index (χ0) is 14.5. The van der Waals surface area contributed by atoms with Crippen molar-refractivity contribution in [2.75, 3.05) is 6.61 Å². The molecule has 0 spiro atoms. The van der Waals surface area contributed by atoms with E-state index in [4.69, 9.17) is 11.6 Å². The Balaban J connectivity index is 2.85. The van der Waals surface area contributed by atoms with Crippen LogP contribution in [0.4, 0.5) is 0 Å². The molecule has 0 radical (unpaired) electrons. The fourth-order valence-corrected chi connectivity index (χ4v) is 2.50. The second kappa shape index (κ2) is 6.58. The van der Waals surface area contributed by atoms with E-state index in [1.807, 2.05) is 0 Å². The number of hydrogen-bond donors (Lipinski definition) is 1. The molecular weight excluding hydrogens is 290 g/mol. The van der Waals surface area contributed by atoms with Gasteiger partial charge in [-0.1, -0.05) is 11.6 Å². The van der Waals surface area contributed by atoms with Crippen LogP contribution in [-0.2, 0) is 19.6 Å². The monoisotopic (exact) mass is 303 g/mol. The van der Waals surface area contributed by atoms with Gasteiger partial charge < -0.3 is 4.74 Å². The van der Waals surface area contributed by atoms with Crippen LogP contribution >= 0.6 is 11.6 Å². The Labute approximate surface area is 117 Å². The van der Waals surface area contributed by atoms with Crippen LogP contribution in [0.25, 0.3) is 0 Å². The molecule has 0 bridgehead atoms.